The van der Waals surface area contributed by atoms with Gasteiger partial charge in [-0.05, 0) is 31.5 Å². The number of hydrogen-bond acceptors (Lipinski definition) is 6. The van der Waals surface area contributed by atoms with E-state index in [9.17, 15) is 19.7 Å². The number of hydrogen-bond donors (Lipinski definition) is 2. The summed E-state index contributed by atoms with van der Waals surface area (Å²) in [6, 6.07) is 4.83. The Hall–Kier alpha value is -2.03. The van der Waals surface area contributed by atoms with Gasteiger partial charge in [0.25, 0.3) is 11.6 Å². The lowest BCUT2D eigenvalue weighted by Gasteiger charge is -2.23. The van der Waals surface area contributed by atoms with Gasteiger partial charge in [-0.1, -0.05) is 0 Å². The van der Waals surface area contributed by atoms with Gasteiger partial charge in [0.15, 0.2) is 0 Å². The van der Waals surface area contributed by atoms with Crippen molar-refractivity contribution in [1.29, 1.82) is 0 Å². The first-order valence-electron chi connectivity index (χ1n) is 6.59. The summed E-state index contributed by atoms with van der Waals surface area (Å²) in [4.78, 5) is 35.5. The summed E-state index contributed by atoms with van der Waals surface area (Å²) in [6.45, 7) is 0.413. The topological polar surface area (TPSA) is 119 Å². The number of nitrogens with two attached hydrogens (primary N) is 1. The highest BCUT2D eigenvalue weighted by molar-refractivity contribution is 6.17. The first-order chi connectivity index (χ1) is 10.0. The Kier molecular flexibility index (Phi) is 6.41. The molecule has 22 heavy (non-hydrogen) atoms. The number of nitro groups is 1. The lowest BCUT2D eigenvalue weighted by atomic mass is 10.1. The third-order valence-corrected chi connectivity index (χ3v) is 3.32. The van der Waals surface area contributed by atoms with Crippen LogP contribution in [0.4, 0.5) is 11.4 Å². The number of rotatable bonds is 4. The second kappa shape index (κ2) is 7.83. The van der Waals surface area contributed by atoms with E-state index in [1.807, 2.05) is 0 Å². The number of nitrogens with zero attached hydrogens (tertiary/aromatic N) is 2. The molecule has 1 heterocycles. The molecule has 1 unspecified atom stereocenters. The van der Waals surface area contributed by atoms with E-state index >= 15 is 0 Å². The lowest BCUT2D eigenvalue weighted by molar-refractivity contribution is -0.384. The van der Waals surface area contributed by atoms with Crippen molar-refractivity contribution in [2.45, 2.75) is 18.9 Å². The molecule has 0 bridgehead atoms. The summed E-state index contributed by atoms with van der Waals surface area (Å²) in [7, 11) is 0. The van der Waals surface area contributed by atoms with Gasteiger partial charge in [-0.15, -0.1) is 12.4 Å². The molecule has 120 valence electrons. The quantitative estimate of drug-likeness (QED) is 0.616. The summed E-state index contributed by atoms with van der Waals surface area (Å²) in [5.41, 5.74) is 5.53. The number of anilines is 1. The number of amides is 2. The van der Waals surface area contributed by atoms with E-state index in [0.717, 1.165) is 17.9 Å². The lowest BCUT2D eigenvalue weighted by Crippen LogP contribution is -2.48. The molecular weight excluding hydrogens is 312 g/mol. The summed E-state index contributed by atoms with van der Waals surface area (Å²) in [5.74, 6) is -0.917. The van der Waals surface area contributed by atoms with E-state index in [2.05, 4.69) is 5.32 Å². The zero-order chi connectivity index (χ0) is 15.4. The Labute approximate surface area is 133 Å². The van der Waals surface area contributed by atoms with Crippen LogP contribution in [0.1, 0.15) is 12.8 Å². The molecule has 1 atom stereocenters. The standard InChI is InChI=1S/C13H16N4O4.ClH/c14-8-12(18)16(13(19)11-2-1-7-15-11)9-3-5-10(6-4-9)17(20)21;/h3-6,11,15H,1-2,7-8,14H2;1H. The predicted octanol–water partition coefficient (Wildman–Crippen LogP) is 0.587. The molecule has 0 aromatic heterocycles. The van der Waals surface area contributed by atoms with Crippen LogP contribution in [0.3, 0.4) is 0 Å². The minimum absolute atomic E-state index is 0. The number of imide groups is 1. The molecule has 0 saturated carbocycles. The molecule has 0 spiro atoms. The number of carbonyl (C=O) groups excluding carboxylic acids is 2. The van der Waals surface area contributed by atoms with Gasteiger partial charge in [0.1, 0.15) is 0 Å². The van der Waals surface area contributed by atoms with E-state index in [4.69, 9.17) is 5.73 Å². The normalized spacial score (nSPS) is 16.7. The maximum absolute atomic E-state index is 12.4. The number of halogens is 1. The van der Waals surface area contributed by atoms with Crippen molar-refractivity contribution in [3.05, 3.63) is 34.4 Å². The monoisotopic (exact) mass is 328 g/mol. The number of carbonyl (C=O) groups is 2. The van der Waals surface area contributed by atoms with Crippen LogP contribution in [0.5, 0.6) is 0 Å². The fourth-order valence-corrected chi connectivity index (χ4v) is 2.26. The average Bonchev–Trinajstić information content (AvgIpc) is 3.02. The van der Waals surface area contributed by atoms with E-state index < -0.39 is 16.9 Å². The Morgan fingerprint density at radius 2 is 2.00 bits per heavy atom. The van der Waals surface area contributed by atoms with Crippen LogP contribution >= 0.6 is 12.4 Å². The summed E-state index contributed by atoms with van der Waals surface area (Å²) in [6.07, 6.45) is 1.52. The Morgan fingerprint density at radius 1 is 1.36 bits per heavy atom. The zero-order valence-electron chi connectivity index (χ0n) is 11.7. The predicted molar refractivity (Wildman–Crippen MR) is 82.9 cm³/mol. The number of nitro benzene ring substituents is 1. The smallest absolute Gasteiger partial charge is 0.269 e. The molecular formula is C13H17ClN4O4. The molecule has 2 rings (SSSR count). The molecule has 1 fully saturated rings. The van der Waals surface area contributed by atoms with Crippen LogP contribution in [-0.2, 0) is 9.59 Å². The highest BCUT2D eigenvalue weighted by Gasteiger charge is 2.31. The van der Waals surface area contributed by atoms with Crippen molar-refractivity contribution >= 4 is 35.6 Å². The zero-order valence-corrected chi connectivity index (χ0v) is 12.5. The van der Waals surface area contributed by atoms with Crippen LogP contribution in [-0.4, -0.2) is 35.9 Å². The second-order valence-electron chi connectivity index (χ2n) is 4.69. The molecule has 1 aliphatic rings. The largest absolute Gasteiger partial charge is 0.322 e. The van der Waals surface area contributed by atoms with Crippen molar-refractivity contribution in [2.75, 3.05) is 18.0 Å². The van der Waals surface area contributed by atoms with Gasteiger partial charge in [0, 0.05) is 12.1 Å². The third-order valence-electron chi connectivity index (χ3n) is 3.32. The minimum atomic E-state index is -0.542. The van der Waals surface area contributed by atoms with Gasteiger partial charge >= 0.3 is 0 Å². The third kappa shape index (κ3) is 3.79. The summed E-state index contributed by atoms with van der Waals surface area (Å²) in [5, 5.41) is 13.7. The molecule has 0 radical (unpaired) electrons. The van der Waals surface area contributed by atoms with Crippen LogP contribution in [0.25, 0.3) is 0 Å². The van der Waals surface area contributed by atoms with Crippen LogP contribution < -0.4 is 16.0 Å². The SMILES string of the molecule is Cl.NCC(=O)N(C(=O)C1CCCN1)c1ccc([N+](=O)[O-])cc1. The minimum Gasteiger partial charge on any atom is -0.322 e. The highest BCUT2D eigenvalue weighted by atomic mass is 35.5. The molecule has 3 N–H and O–H groups in total. The summed E-state index contributed by atoms with van der Waals surface area (Å²) >= 11 is 0. The van der Waals surface area contributed by atoms with Gasteiger partial charge in [0.05, 0.1) is 23.2 Å². The average molecular weight is 329 g/mol. The van der Waals surface area contributed by atoms with Gasteiger partial charge in [0.2, 0.25) is 5.91 Å². The Morgan fingerprint density at radius 3 is 2.45 bits per heavy atom. The highest BCUT2D eigenvalue weighted by Crippen LogP contribution is 2.21. The van der Waals surface area contributed by atoms with E-state index in [-0.39, 0.29) is 36.2 Å². The van der Waals surface area contributed by atoms with Crippen molar-refractivity contribution in [1.82, 2.24) is 5.32 Å². The van der Waals surface area contributed by atoms with Gasteiger partial charge in [-0.3, -0.25) is 19.7 Å². The first-order valence-corrected chi connectivity index (χ1v) is 6.59. The van der Waals surface area contributed by atoms with Gasteiger partial charge < -0.3 is 11.1 Å². The van der Waals surface area contributed by atoms with Crippen LogP contribution in [0.2, 0.25) is 0 Å². The van der Waals surface area contributed by atoms with Gasteiger partial charge in [-0.25, -0.2) is 4.90 Å². The van der Waals surface area contributed by atoms with Crippen LogP contribution in [0, 0.1) is 10.1 Å². The van der Waals surface area contributed by atoms with Crippen molar-refractivity contribution in [3.63, 3.8) is 0 Å². The molecule has 1 aliphatic heterocycles. The molecule has 1 saturated heterocycles. The molecule has 1 aromatic rings. The maximum atomic E-state index is 12.4. The van der Waals surface area contributed by atoms with Gasteiger partial charge in [-0.2, -0.15) is 0 Å². The fourth-order valence-electron chi connectivity index (χ4n) is 2.26. The molecule has 0 aliphatic carbocycles. The number of non-ortho nitro benzene ring substituents is 1. The maximum Gasteiger partial charge on any atom is 0.269 e. The van der Waals surface area contributed by atoms with Crippen molar-refractivity contribution in [3.8, 4) is 0 Å². The number of benzene rings is 1. The van der Waals surface area contributed by atoms with E-state index in [1.165, 1.54) is 24.3 Å². The summed E-state index contributed by atoms with van der Waals surface area (Å²) < 4.78 is 0. The van der Waals surface area contributed by atoms with Crippen LogP contribution in [0.15, 0.2) is 24.3 Å². The number of nitrogens with one attached hydrogen (secondary N) is 1. The molecule has 8 nitrogen and oxygen atoms in total. The molecule has 1 aromatic carbocycles. The van der Waals surface area contributed by atoms with Crippen molar-refractivity contribution in [2.24, 2.45) is 5.73 Å². The Bertz CT molecular complexity index is 558. The Balaban J connectivity index is 0.00000242. The van der Waals surface area contributed by atoms with E-state index in [1.54, 1.807) is 0 Å². The molecule has 2 amide bonds. The van der Waals surface area contributed by atoms with Crippen molar-refractivity contribution < 1.29 is 14.5 Å². The first kappa shape index (κ1) is 18.0. The van der Waals surface area contributed by atoms with E-state index in [0.29, 0.717) is 6.42 Å². The molecule has 9 heteroatoms. The second-order valence-corrected chi connectivity index (χ2v) is 4.69. The fraction of sp³-hybridized carbons (Fsp3) is 0.385.